The normalized spacial score (nSPS) is 13.5. The van der Waals surface area contributed by atoms with Gasteiger partial charge >= 0.3 is 18.1 Å². The van der Waals surface area contributed by atoms with Crippen LogP contribution in [0.15, 0.2) is 30.3 Å². The summed E-state index contributed by atoms with van der Waals surface area (Å²) in [5, 5.41) is 1.76. The lowest BCUT2D eigenvalue weighted by atomic mass is 10.2. The molecule has 0 radical (unpaired) electrons. The lowest BCUT2D eigenvalue weighted by Gasteiger charge is -2.16. The van der Waals surface area contributed by atoms with E-state index in [0.717, 1.165) is 10.2 Å². The first-order valence-corrected chi connectivity index (χ1v) is 7.85. The Kier molecular flexibility index (Phi) is 5.60. The van der Waals surface area contributed by atoms with Crippen LogP contribution in [0.25, 0.3) is 5.69 Å². The molecule has 0 bridgehead atoms. The molecule has 0 saturated heterocycles. The Balaban J connectivity index is 2.61. The quantitative estimate of drug-likeness (QED) is 0.419. The van der Waals surface area contributed by atoms with E-state index in [1.54, 1.807) is 19.1 Å². The Bertz CT molecular complexity index is 787. The number of carbonyl (C=O) groups is 1. The van der Waals surface area contributed by atoms with Crippen LogP contribution in [0.1, 0.15) is 29.3 Å². The minimum atomic E-state index is -5.84. The average Bonchev–Trinajstić information content (AvgIpc) is 2.99. The van der Waals surface area contributed by atoms with E-state index < -0.39 is 29.1 Å². The van der Waals surface area contributed by atoms with Crippen molar-refractivity contribution >= 4 is 17.6 Å². The fourth-order valence-corrected chi connectivity index (χ4v) is 2.32. The van der Waals surface area contributed by atoms with Crippen molar-refractivity contribution in [1.82, 2.24) is 9.78 Å². The summed E-state index contributed by atoms with van der Waals surface area (Å²) in [5.41, 5.74) is -0.913. The van der Waals surface area contributed by atoms with Crippen molar-refractivity contribution in [2.75, 3.05) is 6.61 Å². The van der Waals surface area contributed by atoms with E-state index in [1.807, 2.05) is 0 Å². The van der Waals surface area contributed by atoms with Gasteiger partial charge in [-0.3, -0.25) is 4.79 Å². The van der Waals surface area contributed by atoms with Crippen LogP contribution in [0.5, 0.6) is 0 Å². The second-order valence-corrected chi connectivity index (χ2v) is 5.82. The van der Waals surface area contributed by atoms with Crippen LogP contribution in [0.3, 0.4) is 0 Å². The van der Waals surface area contributed by atoms with Gasteiger partial charge in [-0.1, -0.05) is 17.7 Å². The summed E-state index contributed by atoms with van der Waals surface area (Å²) in [6.07, 6.45) is -5.84. The van der Waals surface area contributed by atoms with Crippen molar-refractivity contribution in [3.8, 4) is 5.69 Å². The number of alkyl halides is 6. The number of carbonyl (C=O) groups excluding carboxylic acids is 1. The van der Waals surface area contributed by atoms with Gasteiger partial charge in [-0.05, 0) is 32.0 Å². The van der Waals surface area contributed by atoms with Gasteiger partial charge in [0.25, 0.3) is 0 Å². The fraction of sp³-hybridized carbons (Fsp3) is 0.375. The minimum Gasteiger partial charge on any atom is -0.465 e. The molecular formula is C16H14ClF5N2O2. The summed E-state index contributed by atoms with van der Waals surface area (Å²) in [7, 11) is 0. The molecule has 4 nitrogen and oxygen atoms in total. The third kappa shape index (κ3) is 3.82. The highest BCUT2D eigenvalue weighted by atomic mass is 35.5. The van der Waals surface area contributed by atoms with Crippen molar-refractivity contribution in [3.05, 3.63) is 47.3 Å². The van der Waals surface area contributed by atoms with Gasteiger partial charge in [0.15, 0.2) is 5.38 Å². The van der Waals surface area contributed by atoms with E-state index in [2.05, 4.69) is 5.10 Å². The highest BCUT2D eigenvalue weighted by Gasteiger charge is 2.60. The lowest BCUT2D eigenvalue weighted by molar-refractivity contribution is -0.291. The van der Waals surface area contributed by atoms with Gasteiger partial charge in [0, 0.05) is 0 Å². The Morgan fingerprint density at radius 3 is 2.31 bits per heavy atom. The third-order valence-corrected chi connectivity index (χ3v) is 3.85. The van der Waals surface area contributed by atoms with E-state index >= 15 is 0 Å². The van der Waals surface area contributed by atoms with Crippen LogP contribution in [0, 0.1) is 6.92 Å². The number of hydrogen-bond acceptors (Lipinski definition) is 3. The van der Waals surface area contributed by atoms with Crippen molar-refractivity contribution < 1.29 is 31.5 Å². The Morgan fingerprint density at radius 2 is 1.81 bits per heavy atom. The number of aromatic nitrogens is 2. The largest absolute Gasteiger partial charge is 0.465 e. The third-order valence-electron chi connectivity index (χ3n) is 3.45. The second kappa shape index (κ2) is 7.22. The molecule has 1 aromatic carbocycles. The molecule has 0 N–H and O–H groups in total. The molecule has 0 aliphatic carbocycles. The molecule has 0 aliphatic rings. The maximum atomic E-state index is 13.7. The molecule has 1 heterocycles. The zero-order valence-electron chi connectivity index (χ0n) is 13.6. The summed E-state index contributed by atoms with van der Waals surface area (Å²) in [5.74, 6) is -6.19. The predicted molar refractivity (Wildman–Crippen MR) is 83.5 cm³/mol. The fourth-order valence-electron chi connectivity index (χ4n) is 2.10. The maximum absolute atomic E-state index is 13.7. The maximum Gasteiger partial charge on any atom is 0.459 e. The standard InChI is InChI=1S/C16H14ClF5N2O2/c1-3-26-14(25)13(17)11-8-12(15(18,19)16(20,21)22)23-24(11)10-6-4-9(2)5-7-10/h4-8,13H,3H2,1-2H3. The van der Waals surface area contributed by atoms with E-state index in [9.17, 15) is 26.7 Å². The SMILES string of the molecule is CCOC(=O)C(Cl)c1cc(C(F)(F)C(F)(F)F)nn1-c1ccc(C)cc1. The van der Waals surface area contributed by atoms with Crippen LogP contribution in [-0.4, -0.2) is 28.5 Å². The zero-order valence-corrected chi connectivity index (χ0v) is 14.4. The number of hydrogen-bond donors (Lipinski definition) is 0. The van der Waals surface area contributed by atoms with Crippen LogP contribution >= 0.6 is 11.6 Å². The summed E-state index contributed by atoms with van der Waals surface area (Å²) in [4.78, 5) is 11.8. The van der Waals surface area contributed by atoms with Crippen molar-refractivity contribution in [3.63, 3.8) is 0 Å². The van der Waals surface area contributed by atoms with Gasteiger partial charge in [-0.15, -0.1) is 11.6 Å². The van der Waals surface area contributed by atoms with Crippen molar-refractivity contribution in [2.24, 2.45) is 0 Å². The van der Waals surface area contributed by atoms with E-state index in [1.165, 1.54) is 19.1 Å². The smallest absolute Gasteiger partial charge is 0.459 e. The summed E-state index contributed by atoms with van der Waals surface area (Å²) in [6.45, 7) is 3.23. The van der Waals surface area contributed by atoms with Gasteiger partial charge in [0.1, 0.15) is 5.69 Å². The molecule has 0 amide bonds. The average molecular weight is 397 g/mol. The number of ether oxygens (including phenoxy) is 1. The molecule has 0 saturated carbocycles. The molecule has 142 valence electrons. The highest BCUT2D eigenvalue weighted by Crippen LogP contribution is 2.44. The number of benzene rings is 1. The van der Waals surface area contributed by atoms with E-state index in [4.69, 9.17) is 16.3 Å². The van der Waals surface area contributed by atoms with Gasteiger partial charge in [0.05, 0.1) is 18.0 Å². The lowest BCUT2D eigenvalue weighted by Crippen LogP contribution is -2.34. The highest BCUT2D eigenvalue weighted by molar-refractivity contribution is 6.29. The number of halogens is 6. The van der Waals surface area contributed by atoms with E-state index in [0.29, 0.717) is 6.07 Å². The van der Waals surface area contributed by atoms with Crippen molar-refractivity contribution in [1.29, 1.82) is 0 Å². The summed E-state index contributed by atoms with van der Waals surface area (Å²) < 4.78 is 70.9. The monoisotopic (exact) mass is 396 g/mol. The molecule has 2 rings (SSSR count). The molecule has 26 heavy (non-hydrogen) atoms. The first-order valence-electron chi connectivity index (χ1n) is 7.41. The molecule has 1 aromatic heterocycles. The topological polar surface area (TPSA) is 44.1 Å². The molecule has 0 spiro atoms. The van der Waals surface area contributed by atoms with Crippen LogP contribution in [0.2, 0.25) is 0 Å². The number of aryl methyl sites for hydroxylation is 1. The molecule has 0 fully saturated rings. The van der Waals surface area contributed by atoms with Crippen LogP contribution in [-0.2, 0) is 15.5 Å². The summed E-state index contributed by atoms with van der Waals surface area (Å²) >= 11 is 5.94. The van der Waals surface area contributed by atoms with Gasteiger partial charge in [-0.25, -0.2) is 4.68 Å². The minimum absolute atomic E-state index is 0.0354. The molecule has 1 unspecified atom stereocenters. The van der Waals surface area contributed by atoms with Gasteiger partial charge in [-0.2, -0.15) is 27.1 Å². The van der Waals surface area contributed by atoms with Gasteiger partial charge < -0.3 is 4.74 Å². The summed E-state index contributed by atoms with van der Waals surface area (Å²) in [6, 6.07) is 6.58. The van der Waals surface area contributed by atoms with Gasteiger partial charge in [0.2, 0.25) is 0 Å². The number of rotatable bonds is 5. The zero-order chi connectivity index (χ0) is 19.7. The Hall–Kier alpha value is -2.16. The number of esters is 1. The molecule has 10 heteroatoms. The molecular weight excluding hydrogens is 383 g/mol. The van der Waals surface area contributed by atoms with E-state index in [-0.39, 0.29) is 18.0 Å². The predicted octanol–water partition coefficient (Wildman–Crippen LogP) is 4.68. The second-order valence-electron chi connectivity index (χ2n) is 5.39. The van der Waals surface area contributed by atoms with Crippen LogP contribution in [0.4, 0.5) is 22.0 Å². The first kappa shape index (κ1) is 20.2. The number of nitrogens with zero attached hydrogens (tertiary/aromatic N) is 2. The van der Waals surface area contributed by atoms with Crippen molar-refractivity contribution in [2.45, 2.75) is 31.3 Å². The van der Waals surface area contributed by atoms with Crippen LogP contribution < -0.4 is 0 Å². The Labute approximate surface area is 150 Å². The Morgan fingerprint density at radius 1 is 1.23 bits per heavy atom. The molecule has 0 aliphatic heterocycles. The molecule has 1 atom stereocenters. The first-order chi connectivity index (χ1) is 12.0. The molecule has 2 aromatic rings.